The molecule has 1 atom stereocenters. The van der Waals surface area contributed by atoms with E-state index in [1.807, 2.05) is 0 Å². The van der Waals surface area contributed by atoms with Crippen molar-refractivity contribution in [3.05, 3.63) is 23.8 Å². The van der Waals surface area contributed by atoms with Crippen LogP contribution in [-0.4, -0.2) is 36.0 Å². The molecule has 0 spiro atoms. The summed E-state index contributed by atoms with van der Waals surface area (Å²) in [5.41, 5.74) is 6.12. The molecule has 0 fully saturated rings. The SMILES string of the molecule is COc1cc(/C=N\NC(=O)CC[C@@H]2C(=O)NN=C2C)ccc1O. The molecule has 1 aliphatic heterocycles. The predicted octanol–water partition coefficient (Wildman–Crippen LogP) is 0.753. The fraction of sp³-hybridized carbons (Fsp3) is 0.333. The Morgan fingerprint density at radius 2 is 2.35 bits per heavy atom. The molecule has 1 aliphatic rings. The van der Waals surface area contributed by atoms with E-state index >= 15 is 0 Å². The maximum atomic E-state index is 11.7. The number of methoxy groups -OCH3 is 1. The highest BCUT2D eigenvalue weighted by molar-refractivity contribution is 6.07. The van der Waals surface area contributed by atoms with E-state index in [9.17, 15) is 14.7 Å². The molecule has 23 heavy (non-hydrogen) atoms. The minimum Gasteiger partial charge on any atom is -0.504 e. The van der Waals surface area contributed by atoms with Crippen LogP contribution in [0.3, 0.4) is 0 Å². The Hall–Kier alpha value is -2.90. The lowest BCUT2D eigenvalue weighted by Crippen LogP contribution is -2.25. The van der Waals surface area contributed by atoms with E-state index in [2.05, 4.69) is 21.1 Å². The van der Waals surface area contributed by atoms with E-state index in [-0.39, 0.29) is 29.9 Å². The van der Waals surface area contributed by atoms with Gasteiger partial charge in [-0.05, 0) is 37.1 Å². The Balaban J connectivity index is 1.82. The molecule has 8 heteroatoms. The molecule has 1 aromatic carbocycles. The van der Waals surface area contributed by atoms with E-state index in [4.69, 9.17) is 4.74 Å². The van der Waals surface area contributed by atoms with Crippen LogP contribution >= 0.6 is 0 Å². The van der Waals surface area contributed by atoms with Crippen LogP contribution in [0.25, 0.3) is 0 Å². The molecule has 0 aromatic heterocycles. The van der Waals surface area contributed by atoms with Crippen LogP contribution in [0.4, 0.5) is 0 Å². The first-order chi connectivity index (χ1) is 11.0. The number of carbonyl (C=O) groups is 2. The van der Waals surface area contributed by atoms with E-state index in [0.29, 0.717) is 23.4 Å². The van der Waals surface area contributed by atoms with Gasteiger partial charge in [-0.3, -0.25) is 9.59 Å². The third kappa shape index (κ3) is 4.29. The average molecular weight is 318 g/mol. The summed E-state index contributed by atoms with van der Waals surface area (Å²) in [6.07, 6.45) is 1.99. The highest BCUT2D eigenvalue weighted by Crippen LogP contribution is 2.25. The molecule has 8 nitrogen and oxygen atoms in total. The van der Waals surface area contributed by atoms with Crippen molar-refractivity contribution in [3.8, 4) is 11.5 Å². The molecule has 2 rings (SSSR count). The Bertz CT molecular complexity index is 669. The van der Waals surface area contributed by atoms with Crippen molar-refractivity contribution >= 4 is 23.7 Å². The lowest BCUT2D eigenvalue weighted by atomic mass is 9.99. The average Bonchev–Trinajstić information content (AvgIpc) is 2.85. The number of phenols is 1. The number of rotatable bonds is 6. The second-order valence-corrected chi connectivity index (χ2v) is 5.04. The minimum atomic E-state index is -0.355. The lowest BCUT2D eigenvalue weighted by Gasteiger charge is -2.06. The fourth-order valence-corrected chi connectivity index (χ4v) is 2.11. The van der Waals surface area contributed by atoms with Crippen LogP contribution in [0.1, 0.15) is 25.3 Å². The Kier molecular flexibility index (Phi) is 5.29. The predicted molar refractivity (Wildman–Crippen MR) is 84.4 cm³/mol. The van der Waals surface area contributed by atoms with Crippen LogP contribution in [0.2, 0.25) is 0 Å². The number of hydrazone groups is 2. The van der Waals surface area contributed by atoms with Gasteiger partial charge in [-0.1, -0.05) is 0 Å². The summed E-state index contributed by atoms with van der Waals surface area (Å²) in [6.45, 7) is 1.75. The lowest BCUT2D eigenvalue weighted by molar-refractivity contribution is -0.123. The molecule has 122 valence electrons. The summed E-state index contributed by atoms with van der Waals surface area (Å²) >= 11 is 0. The number of phenolic OH excluding ortho intramolecular Hbond substituents is 1. The third-order valence-electron chi connectivity index (χ3n) is 3.43. The van der Waals surface area contributed by atoms with Gasteiger partial charge in [0.15, 0.2) is 11.5 Å². The smallest absolute Gasteiger partial charge is 0.248 e. The summed E-state index contributed by atoms with van der Waals surface area (Å²) in [7, 11) is 1.45. The van der Waals surface area contributed by atoms with E-state index in [0.717, 1.165) is 0 Å². The Labute approximate surface area is 133 Å². The zero-order valence-electron chi connectivity index (χ0n) is 12.9. The summed E-state index contributed by atoms with van der Waals surface area (Å²) in [5, 5.41) is 17.1. The monoisotopic (exact) mass is 318 g/mol. The third-order valence-corrected chi connectivity index (χ3v) is 3.43. The topological polar surface area (TPSA) is 112 Å². The fourth-order valence-electron chi connectivity index (χ4n) is 2.11. The number of ether oxygens (including phenoxy) is 1. The van der Waals surface area contributed by atoms with Crippen LogP contribution in [-0.2, 0) is 9.59 Å². The molecule has 1 aromatic rings. The van der Waals surface area contributed by atoms with E-state index < -0.39 is 0 Å². The number of hydrogen-bond donors (Lipinski definition) is 3. The van der Waals surface area contributed by atoms with E-state index in [1.54, 1.807) is 19.1 Å². The molecule has 0 unspecified atom stereocenters. The summed E-state index contributed by atoms with van der Waals surface area (Å²) in [4.78, 5) is 23.2. The number of amides is 2. The molecule has 0 bridgehead atoms. The van der Waals surface area contributed by atoms with Crippen molar-refractivity contribution < 1.29 is 19.4 Å². The van der Waals surface area contributed by atoms with Crippen molar-refractivity contribution in [1.82, 2.24) is 10.9 Å². The quantitative estimate of drug-likeness (QED) is 0.531. The molecule has 0 saturated heterocycles. The number of nitrogens with zero attached hydrogens (tertiary/aromatic N) is 2. The van der Waals surface area contributed by atoms with Gasteiger partial charge in [-0.25, -0.2) is 10.9 Å². The minimum absolute atomic E-state index is 0.0283. The standard InChI is InChI=1S/C15H18N4O4/c1-9-11(15(22)19-17-9)4-6-14(21)18-16-8-10-3-5-12(20)13(7-10)23-2/h3,5,7-8,11,20H,4,6H2,1-2H3,(H,18,21)(H,19,22)/b16-8-/t11-/m0/s1. The normalized spacial score (nSPS) is 17.0. The molecule has 0 radical (unpaired) electrons. The first-order valence-corrected chi connectivity index (χ1v) is 7.04. The van der Waals surface area contributed by atoms with Gasteiger partial charge < -0.3 is 9.84 Å². The van der Waals surface area contributed by atoms with Gasteiger partial charge in [-0.15, -0.1) is 0 Å². The highest BCUT2D eigenvalue weighted by atomic mass is 16.5. The van der Waals surface area contributed by atoms with Gasteiger partial charge in [0.05, 0.1) is 19.2 Å². The molecule has 0 saturated carbocycles. The largest absolute Gasteiger partial charge is 0.504 e. The molecule has 2 amide bonds. The Morgan fingerprint density at radius 1 is 1.57 bits per heavy atom. The van der Waals surface area contributed by atoms with Gasteiger partial charge in [-0.2, -0.15) is 10.2 Å². The number of aromatic hydroxyl groups is 1. The Morgan fingerprint density at radius 3 is 3.00 bits per heavy atom. The number of nitrogens with one attached hydrogen (secondary N) is 2. The van der Waals surface area contributed by atoms with Gasteiger partial charge in [0, 0.05) is 12.1 Å². The zero-order chi connectivity index (χ0) is 16.8. The second kappa shape index (κ2) is 7.39. The highest BCUT2D eigenvalue weighted by Gasteiger charge is 2.26. The van der Waals surface area contributed by atoms with Gasteiger partial charge in [0.2, 0.25) is 11.8 Å². The van der Waals surface area contributed by atoms with Crippen LogP contribution in [0, 0.1) is 5.92 Å². The summed E-state index contributed by atoms with van der Waals surface area (Å²) in [6, 6.07) is 4.70. The molecule has 3 N–H and O–H groups in total. The van der Waals surface area contributed by atoms with Crippen LogP contribution in [0.15, 0.2) is 28.4 Å². The van der Waals surface area contributed by atoms with Crippen molar-refractivity contribution in [1.29, 1.82) is 0 Å². The molecule has 0 aliphatic carbocycles. The van der Waals surface area contributed by atoms with Crippen molar-refractivity contribution in [2.75, 3.05) is 7.11 Å². The molecular weight excluding hydrogens is 300 g/mol. The van der Waals surface area contributed by atoms with Crippen LogP contribution in [0.5, 0.6) is 11.5 Å². The van der Waals surface area contributed by atoms with Crippen molar-refractivity contribution in [2.24, 2.45) is 16.1 Å². The molecular formula is C15H18N4O4. The summed E-state index contributed by atoms with van der Waals surface area (Å²) < 4.78 is 4.98. The number of hydrogen-bond acceptors (Lipinski definition) is 6. The van der Waals surface area contributed by atoms with E-state index in [1.165, 1.54) is 19.4 Å². The number of carbonyl (C=O) groups excluding carboxylic acids is 2. The zero-order valence-corrected chi connectivity index (χ0v) is 12.9. The number of benzene rings is 1. The first kappa shape index (κ1) is 16.5. The molecule has 1 heterocycles. The maximum absolute atomic E-state index is 11.7. The summed E-state index contributed by atoms with van der Waals surface area (Å²) in [5.74, 6) is -0.483. The van der Waals surface area contributed by atoms with Crippen molar-refractivity contribution in [2.45, 2.75) is 19.8 Å². The van der Waals surface area contributed by atoms with Gasteiger partial charge in [0.25, 0.3) is 0 Å². The van der Waals surface area contributed by atoms with Crippen LogP contribution < -0.4 is 15.6 Å². The first-order valence-electron chi connectivity index (χ1n) is 7.04. The van der Waals surface area contributed by atoms with Crippen molar-refractivity contribution in [3.63, 3.8) is 0 Å². The second-order valence-electron chi connectivity index (χ2n) is 5.04. The maximum Gasteiger partial charge on any atom is 0.248 e. The van der Waals surface area contributed by atoms with Gasteiger partial charge >= 0.3 is 0 Å². The van der Waals surface area contributed by atoms with Gasteiger partial charge in [0.1, 0.15) is 0 Å².